The van der Waals surface area contributed by atoms with E-state index in [1.54, 1.807) is 12.3 Å². The number of hydrogen-bond donors (Lipinski definition) is 1. The lowest BCUT2D eigenvalue weighted by Crippen LogP contribution is -2.44. The summed E-state index contributed by atoms with van der Waals surface area (Å²) in [6, 6.07) is 1.67. The van der Waals surface area contributed by atoms with E-state index >= 15 is 0 Å². The molecule has 1 unspecified atom stereocenters. The third kappa shape index (κ3) is 3.18. The van der Waals surface area contributed by atoms with E-state index in [2.05, 4.69) is 4.98 Å². The monoisotopic (exact) mass is 277 g/mol. The Bertz CT molecular complexity index is 499. The van der Waals surface area contributed by atoms with Crippen LogP contribution in [0.5, 0.6) is 0 Å². The van der Waals surface area contributed by atoms with E-state index in [1.165, 1.54) is 20.0 Å². The number of halogens is 1. The molecule has 0 aliphatic rings. The molecule has 17 heavy (non-hydrogen) atoms. The van der Waals surface area contributed by atoms with Crippen molar-refractivity contribution in [3.63, 3.8) is 0 Å². The summed E-state index contributed by atoms with van der Waals surface area (Å²) in [5.41, 5.74) is 0.686. The second-order valence-electron chi connectivity index (χ2n) is 4.56. The highest BCUT2D eigenvalue weighted by Gasteiger charge is 2.38. The topological polar surface area (TPSA) is 67.3 Å². The average Bonchev–Trinajstić information content (AvgIpc) is 2.19. The first-order valence-electron chi connectivity index (χ1n) is 5.12. The molecule has 1 atom stereocenters. The van der Waals surface area contributed by atoms with Crippen LogP contribution in [0.2, 0.25) is 5.02 Å². The Morgan fingerprint density at radius 3 is 2.59 bits per heavy atom. The molecule has 1 rings (SSSR count). The molecule has 1 heterocycles. The Morgan fingerprint density at radius 2 is 2.12 bits per heavy atom. The van der Waals surface area contributed by atoms with Gasteiger partial charge in [-0.25, -0.2) is 8.42 Å². The largest absolute Gasteiger partial charge is 0.391 e. The average molecular weight is 278 g/mol. The van der Waals surface area contributed by atoms with Crippen LogP contribution >= 0.6 is 11.6 Å². The van der Waals surface area contributed by atoms with Crippen LogP contribution in [-0.2, 0) is 16.3 Å². The zero-order chi connectivity index (χ0) is 13.3. The Kier molecular flexibility index (Phi) is 4.17. The van der Waals surface area contributed by atoms with Crippen LogP contribution in [-0.4, -0.2) is 35.6 Å². The number of nitrogens with zero attached hydrogens (tertiary/aromatic N) is 1. The fourth-order valence-electron chi connectivity index (χ4n) is 1.27. The van der Waals surface area contributed by atoms with Crippen molar-refractivity contribution in [3.05, 3.63) is 29.0 Å². The van der Waals surface area contributed by atoms with Gasteiger partial charge >= 0.3 is 0 Å². The van der Waals surface area contributed by atoms with Crippen molar-refractivity contribution in [2.24, 2.45) is 0 Å². The van der Waals surface area contributed by atoms with Crippen molar-refractivity contribution < 1.29 is 13.5 Å². The number of pyridine rings is 1. The van der Waals surface area contributed by atoms with Crippen LogP contribution in [0.3, 0.4) is 0 Å². The molecule has 4 nitrogen and oxygen atoms in total. The van der Waals surface area contributed by atoms with E-state index in [4.69, 9.17) is 11.6 Å². The summed E-state index contributed by atoms with van der Waals surface area (Å²) in [6.45, 7) is 3.00. The highest BCUT2D eigenvalue weighted by molar-refractivity contribution is 7.92. The zero-order valence-electron chi connectivity index (χ0n) is 10.0. The van der Waals surface area contributed by atoms with Crippen LogP contribution in [0.4, 0.5) is 0 Å². The summed E-state index contributed by atoms with van der Waals surface area (Å²) >= 11 is 5.91. The molecule has 0 aromatic carbocycles. The van der Waals surface area contributed by atoms with Crippen molar-refractivity contribution in [2.75, 3.05) is 6.26 Å². The standard InChI is InChI=1S/C11H16ClNO3S/c1-11(2,17(3,15)16)10(14)6-8-4-5-13-7-9(8)12/h4-5,7,10,14H,6H2,1-3H3. The van der Waals surface area contributed by atoms with Gasteiger partial charge in [-0.3, -0.25) is 4.98 Å². The lowest BCUT2D eigenvalue weighted by molar-refractivity contribution is 0.138. The molecule has 0 spiro atoms. The quantitative estimate of drug-likeness (QED) is 0.905. The minimum atomic E-state index is -3.34. The molecule has 0 bridgehead atoms. The van der Waals surface area contributed by atoms with Crippen LogP contribution in [0, 0.1) is 0 Å². The predicted molar refractivity (Wildman–Crippen MR) is 67.9 cm³/mol. The van der Waals surface area contributed by atoms with Crippen LogP contribution < -0.4 is 0 Å². The highest BCUT2D eigenvalue weighted by atomic mass is 35.5. The maximum atomic E-state index is 11.6. The lowest BCUT2D eigenvalue weighted by Gasteiger charge is -2.28. The molecule has 0 saturated heterocycles. The van der Waals surface area contributed by atoms with Gasteiger partial charge in [0.1, 0.15) is 0 Å². The second-order valence-corrected chi connectivity index (χ2v) is 7.57. The van der Waals surface area contributed by atoms with E-state index in [1.807, 2.05) is 0 Å². The number of aromatic nitrogens is 1. The highest BCUT2D eigenvalue weighted by Crippen LogP contribution is 2.25. The summed E-state index contributed by atoms with van der Waals surface area (Å²) in [7, 11) is -3.34. The molecule has 96 valence electrons. The van der Waals surface area contributed by atoms with Gasteiger partial charge in [0.25, 0.3) is 0 Å². The van der Waals surface area contributed by atoms with Gasteiger partial charge in [-0.15, -0.1) is 0 Å². The van der Waals surface area contributed by atoms with Gasteiger partial charge in [0, 0.05) is 25.1 Å². The van der Waals surface area contributed by atoms with E-state index in [9.17, 15) is 13.5 Å². The zero-order valence-corrected chi connectivity index (χ0v) is 11.6. The number of hydrogen-bond acceptors (Lipinski definition) is 4. The van der Waals surface area contributed by atoms with E-state index in [-0.39, 0.29) is 6.42 Å². The Morgan fingerprint density at radius 1 is 1.53 bits per heavy atom. The SMILES string of the molecule is CC(C)(C(O)Cc1ccncc1Cl)S(C)(=O)=O. The first-order valence-corrected chi connectivity index (χ1v) is 7.39. The third-order valence-electron chi connectivity index (χ3n) is 3.03. The minimum Gasteiger partial charge on any atom is -0.391 e. The maximum absolute atomic E-state index is 11.6. The summed E-state index contributed by atoms with van der Waals surface area (Å²) in [6.07, 6.45) is 3.31. The predicted octanol–water partition coefficient (Wildman–Crippen LogP) is 1.46. The number of aliphatic hydroxyl groups is 1. The number of aliphatic hydroxyl groups excluding tert-OH is 1. The van der Waals surface area contributed by atoms with Crippen molar-refractivity contribution in [3.8, 4) is 0 Å². The fraction of sp³-hybridized carbons (Fsp3) is 0.545. The smallest absolute Gasteiger partial charge is 0.155 e. The van der Waals surface area contributed by atoms with Gasteiger partial charge in [0.2, 0.25) is 0 Å². The molecule has 0 aliphatic carbocycles. The minimum absolute atomic E-state index is 0.182. The van der Waals surface area contributed by atoms with Gasteiger partial charge in [-0.2, -0.15) is 0 Å². The molecule has 0 radical (unpaired) electrons. The Labute approximate surface area is 107 Å². The molecule has 1 aromatic rings. The summed E-state index contributed by atoms with van der Waals surface area (Å²) < 4.78 is 21.9. The molecule has 0 amide bonds. The second kappa shape index (κ2) is 4.92. The van der Waals surface area contributed by atoms with Gasteiger partial charge in [0.15, 0.2) is 9.84 Å². The number of rotatable bonds is 4. The first-order chi connectivity index (χ1) is 7.66. The van der Waals surface area contributed by atoms with Gasteiger partial charge < -0.3 is 5.11 Å². The summed E-state index contributed by atoms with van der Waals surface area (Å²) in [5.74, 6) is 0. The summed E-state index contributed by atoms with van der Waals surface area (Å²) in [5, 5.41) is 10.5. The van der Waals surface area contributed by atoms with Gasteiger partial charge in [0.05, 0.1) is 15.9 Å². The third-order valence-corrected chi connectivity index (χ3v) is 5.55. The molecule has 1 aromatic heterocycles. The summed E-state index contributed by atoms with van der Waals surface area (Å²) in [4.78, 5) is 3.83. The van der Waals surface area contributed by atoms with Crippen LogP contribution in [0.1, 0.15) is 19.4 Å². The molecule has 0 fully saturated rings. The molecule has 0 aliphatic heterocycles. The van der Waals surface area contributed by atoms with E-state index < -0.39 is 20.7 Å². The van der Waals surface area contributed by atoms with Crippen LogP contribution in [0.15, 0.2) is 18.5 Å². The van der Waals surface area contributed by atoms with Crippen molar-refractivity contribution >= 4 is 21.4 Å². The van der Waals surface area contributed by atoms with Crippen molar-refractivity contribution in [1.82, 2.24) is 4.98 Å². The van der Waals surface area contributed by atoms with E-state index in [0.717, 1.165) is 6.26 Å². The normalized spacial score (nSPS) is 14.6. The van der Waals surface area contributed by atoms with Crippen molar-refractivity contribution in [2.45, 2.75) is 31.1 Å². The fourth-order valence-corrected chi connectivity index (χ4v) is 2.04. The molecular weight excluding hydrogens is 262 g/mol. The molecule has 1 N–H and O–H groups in total. The first kappa shape index (κ1) is 14.4. The van der Waals surface area contributed by atoms with Gasteiger partial charge in [-0.05, 0) is 25.5 Å². The number of sulfone groups is 1. The Balaban J connectivity index is 2.95. The van der Waals surface area contributed by atoms with Gasteiger partial charge in [-0.1, -0.05) is 11.6 Å². The van der Waals surface area contributed by atoms with Crippen molar-refractivity contribution in [1.29, 1.82) is 0 Å². The molecular formula is C11H16ClNO3S. The lowest BCUT2D eigenvalue weighted by atomic mass is 9.99. The van der Waals surface area contributed by atoms with E-state index in [0.29, 0.717) is 10.6 Å². The molecule has 0 saturated carbocycles. The van der Waals surface area contributed by atoms with Crippen LogP contribution in [0.25, 0.3) is 0 Å². The maximum Gasteiger partial charge on any atom is 0.155 e. The Hall–Kier alpha value is -0.650. The molecule has 6 heteroatoms.